The van der Waals surface area contributed by atoms with Gasteiger partial charge in [-0.3, -0.25) is 0 Å². The van der Waals surface area contributed by atoms with Gasteiger partial charge in [-0.15, -0.1) is 0 Å². The standard InChI is InChI=1S/C14H14Br2N2O2S/c1-18(9-10-4-2-3-5-12(10)16)21(19,20)14-8-11(15)6-7-13(14)17/h2-8H,9,17H2,1H3. The van der Waals surface area contributed by atoms with Crippen molar-refractivity contribution in [2.45, 2.75) is 11.4 Å². The molecule has 0 atom stereocenters. The zero-order valence-electron chi connectivity index (χ0n) is 11.3. The second-order valence-corrected chi connectivity index (χ2v) is 8.32. The summed E-state index contributed by atoms with van der Waals surface area (Å²) in [5.74, 6) is 0. The highest BCUT2D eigenvalue weighted by Gasteiger charge is 2.24. The molecule has 4 nitrogen and oxygen atoms in total. The third-order valence-corrected chi connectivity index (χ3v) is 6.14. The van der Waals surface area contributed by atoms with Gasteiger partial charge in [-0.25, -0.2) is 8.42 Å². The third-order valence-electron chi connectivity index (χ3n) is 3.01. The maximum Gasteiger partial charge on any atom is 0.245 e. The molecule has 0 saturated heterocycles. The zero-order chi connectivity index (χ0) is 15.6. The second kappa shape index (κ2) is 6.48. The van der Waals surface area contributed by atoms with E-state index in [-0.39, 0.29) is 17.1 Å². The molecule has 0 saturated carbocycles. The van der Waals surface area contributed by atoms with E-state index in [1.165, 1.54) is 17.4 Å². The summed E-state index contributed by atoms with van der Waals surface area (Å²) in [6.07, 6.45) is 0. The van der Waals surface area contributed by atoms with Crippen molar-refractivity contribution in [2.75, 3.05) is 12.8 Å². The minimum atomic E-state index is -3.65. The summed E-state index contributed by atoms with van der Waals surface area (Å²) in [5, 5.41) is 0. The number of halogens is 2. The van der Waals surface area contributed by atoms with Crippen molar-refractivity contribution < 1.29 is 8.42 Å². The highest BCUT2D eigenvalue weighted by atomic mass is 79.9. The molecule has 0 fully saturated rings. The first-order valence-corrected chi connectivity index (χ1v) is 9.10. The maximum atomic E-state index is 12.6. The van der Waals surface area contributed by atoms with Crippen LogP contribution in [0.25, 0.3) is 0 Å². The lowest BCUT2D eigenvalue weighted by Crippen LogP contribution is -2.27. The first-order valence-electron chi connectivity index (χ1n) is 6.07. The van der Waals surface area contributed by atoms with Crippen molar-refractivity contribution in [3.05, 3.63) is 57.0 Å². The Morgan fingerprint density at radius 1 is 1.14 bits per heavy atom. The highest BCUT2D eigenvalue weighted by Crippen LogP contribution is 2.27. The Bertz CT molecular complexity index is 763. The van der Waals surface area contributed by atoms with Crippen LogP contribution in [0.1, 0.15) is 5.56 Å². The first-order chi connectivity index (χ1) is 9.82. The van der Waals surface area contributed by atoms with Crippen molar-refractivity contribution in [2.24, 2.45) is 0 Å². The maximum absolute atomic E-state index is 12.6. The molecule has 0 aliphatic heterocycles. The van der Waals surface area contributed by atoms with E-state index in [1.54, 1.807) is 12.1 Å². The van der Waals surface area contributed by atoms with Crippen LogP contribution >= 0.6 is 31.9 Å². The van der Waals surface area contributed by atoms with Crippen molar-refractivity contribution in [1.29, 1.82) is 0 Å². The van der Waals surface area contributed by atoms with Crippen LogP contribution in [-0.4, -0.2) is 19.8 Å². The van der Waals surface area contributed by atoms with Crippen LogP contribution in [0, 0.1) is 0 Å². The van der Waals surface area contributed by atoms with Crippen molar-refractivity contribution in [3.63, 3.8) is 0 Å². The van der Waals surface area contributed by atoms with Crippen LogP contribution in [0.5, 0.6) is 0 Å². The van der Waals surface area contributed by atoms with Gasteiger partial charge in [-0.2, -0.15) is 4.31 Å². The van der Waals surface area contributed by atoms with Gasteiger partial charge < -0.3 is 5.73 Å². The summed E-state index contributed by atoms with van der Waals surface area (Å²) in [4.78, 5) is 0.103. The number of benzene rings is 2. The molecule has 2 aromatic carbocycles. The largest absolute Gasteiger partial charge is 0.398 e. The van der Waals surface area contributed by atoms with E-state index in [9.17, 15) is 8.42 Å². The molecule has 7 heteroatoms. The van der Waals surface area contributed by atoms with Crippen molar-refractivity contribution in [3.8, 4) is 0 Å². The quantitative estimate of drug-likeness (QED) is 0.749. The van der Waals surface area contributed by atoms with Crippen LogP contribution in [0.4, 0.5) is 5.69 Å². The average Bonchev–Trinajstić information content (AvgIpc) is 2.43. The van der Waals surface area contributed by atoms with Crippen LogP contribution < -0.4 is 5.73 Å². The lowest BCUT2D eigenvalue weighted by molar-refractivity contribution is 0.466. The highest BCUT2D eigenvalue weighted by molar-refractivity contribution is 9.10. The molecule has 112 valence electrons. The normalized spacial score (nSPS) is 11.8. The minimum Gasteiger partial charge on any atom is -0.398 e. The fraction of sp³-hybridized carbons (Fsp3) is 0.143. The molecule has 0 bridgehead atoms. The Morgan fingerprint density at radius 2 is 1.81 bits per heavy atom. The fourth-order valence-corrected chi connectivity index (χ4v) is 4.06. The van der Waals surface area contributed by atoms with Gasteiger partial charge in [0.15, 0.2) is 0 Å². The van der Waals surface area contributed by atoms with E-state index in [0.717, 1.165) is 10.0 Å². The van der Waals surface area contributed by atoms with Gasteiger partial charge >= 0.3 is 0 Å². The van der Waals surface area contributed by atoms with Gasteiger partial charge in [-0.1, -0.05) is 50.1 Å². The summed E-state index contributed by atoms with van der Waals surface area (Å²) < 4.78 is 28.1. The summed E-state index contributed by atoms with van der Waals surface area (Å²) in [7, 11) is -2.11. The van der Waals surface area contributed by atoms with E-state index in [4.69, 9.17) is 5.73 Å². The van der Waals surface area contributed by atoms with Gasteiger partial charge in [0.25, 0.3) is 0 Å². The number of sulfonamides is 1. The number of hydrogen-bond donors (Lipinski definition) is 1. The zero-order valence-corrected chi connectivity index (χ0v) is 15.2. The molecule has 0 amide bonds. The number of nitrogens with two attached hydrogens (primary N) is 1. The lowest BCUT2D eigenvalue weighted by Gasteiger charge is -2.19. The van der Waals surface area contributed by atoms with Crippen molar-refractivity contribution in [1.82, 2.24) is 4.31 Å². The van der Waals surface area contributed by atoms with Gasteiger partial charge in [0.1, 0.15) is 4.90 Å². The summed E-state index contributed by atoms with van der Waals surface area (Å²) in [6.45, 7) is 0.260. The molecular formula is C14H14Br2N2O2S. The minimum absolute atomic E-state index is 0.103. The average molecular weight is 434 g/mol. The van der Waals surface area contributed by atoms with Crippen LogP contribution in [0.15, 0.2) is 56.3 Å². The van der Waals surface area contributed by atoms with Gasteiger partial charge in [-0.05, 0) is 29.8 Å². The van der Waals surface area contributed by atoms with E-state index in [1.807, 2.05) is 24.3 Å². The monoisotopic (exact) mass is 432 g/mol. The number of nitrogens with zero attached hydrogens (tertiary/aromatic N) is 1. The molecule has 0 radical (unpaired) electrons. The molecule has 0 aliphatic rings. The predicted octanol–water partition coefficient (Wildman–Crippen LogP) is 3.61. The van der Waals surface area contributed by atoms with Crippen molar-refractivity contribution >= 4 is 47.6 Å². The molecular weight excluding hydrogens is 420 g/mol. The SMILES string of the molecule is CN(Cc1ccccc1Br)S(=O)(=O)c1cc(Br)ccc1N. The van der Waals surface area contributed by atoms with Crippen LogP contribution in [0.3, 0.4) is 0 Å². The predicted molar refractivity (Wildman–Crippen MR) is 91.3 cm³/mol. The van der Waals surface area contributed by atoms with E-state index >= 15 is 0 Å². The first kappa shape index (κ1) is 16.5. The molecule has 2 rings (SSSR count). The van der Waals surface area contributed by atoms with E-state index in [0.29, 0.717) is 4.47 Å². The number of hydrogen-bond acceptors (Lipinski definition) is 3. The summed E-state index contributed by atoms with van der Waals surface area (Å²) in [6, 6.07) is 12.3. The molecule has 21 heavy (non-hydrogen) atoms. The summed E-state index contributed by atoms with van der Waals surface area (Å²) >= 11 is 6.69. The Morgan fingerprint density at radius 3 is 2.48 bits per heavy atom. The Labute approximate surface area is 141 Å². The second-order valence-electron chi connectivity index (χ2n) is 4.53. The Balaban J connectivity index is 2.35. The fourth-order valence-electron chi connectivity index (χ4n) is 1.85. The van der Waals surface area contributed by atoms with E-state index in [2.05, 4.69) is 31.9 Å². The van der Waals surface area contributed by atoms with E-state index < -0.39 is 10.0 Å². The summed E-state index contributed by atoms with van der Waals surface area (Å²) in [5.41, 5.74) is 6.92. The number of rotatable bonds is 4. The van der Waals surface area contributed by atoms with Crippen LogP contribution in [-0.2, 0) is 16.6 Å². The number of nitrogen functional groups attached to an aromatic ring is 1. The molecule has 0 unspecified atom stereocenters. The molecule has 2 aromatic rings. The Kier molecular flexibility index (Phi) is 5.08. The van der Waals surface area contributed by atoms with Gasteiger partial charge in [0, 0.05) is 22.5 Å². The molecule has 0 heterocycles. The lowest BCUT2D eigenvalue weighted by atomic mass is 10.2. The third kappa shape index (κ3) is 3.66. The smallest absolute Gasteiger partial charge is 0.245 e. The number of anilines is 1. The van der Waals surface area contributed by atoms with Gasteiger partial charge in [0.05, 0.1) is 5.69 Å². The molecule has 2 N–H and O–H groups in total. The Hall–Kier alpha value is -0.890. The van der Waals surface area contributed by atoms with Gasteiger partial charge in [0.2, 0.25) is 10.0 Å². The molecule has 0 aliphatic carbocycles. The topological polar surface area (TPSA) is 63.4 Å². The molecule has 0 aromatic heterocycles. The molecule has 0 spiro atoms. The van der Waals surface area contributed by atoms with Crippen LogP contribution in [0.2, 0.25) is 0 Å².